The molecule has 0 fully saturated rings. The number of hydrogen-bond donors (Lipinski definition) is 0. The van der Waals surface area contributed by atoms with E-state index in [2.05, 4.69) is 32.6 Å². The molecule has 51 valence electrons. The first-order valence-corrected chi connectivity index (χ1v) is 3.58. The zero-order valence-corrected chi connectivity index (χ0v) is 6.41. The second-order valence-electron chi connectivity index (χ2n) is 2.26. The summed E-state index contributed by atoms with van der Waals surface area (Å²) >= 11 is 0. The van der Waals surface area contributed by atoms with Gasteiger partial charge in [0.05, 0.1) is 0 Å². The van der Waals surface area contributed by atoms with E-state index in [-0.39, 0.29) is 0 Å². The zero-order valence-electron chi connectivity index (χ0n) is 6.41. The quantitative estimate of drug-likeness (QED) is 0.495. The fourth-order valence-corrected chi connectivity index (χ4v) is 0.752. The molecule has 9 heavy (non-hydrogen) atoms. The van der Waals surface area contributed by atoms with Crippen molar-refractivity contribution < 1.29 is 0 Å². The van der Waals surface area contributed by atoms with E-state index in [0.717, 1.165) is 6.42 Å². The predicted molar refractivity (Wildman–Crippen MR) is 41.8 cm³/mol. The Morgan fingerprint density at radius 3 is 2.67 bits per heavy atom. The molecule has 0 heteroatoms. The van der Waals surface area contributed by atoms with Crippen molar-refractivity contribution >= 4 is 0 Å². The van der Waals surface area contributed by atoms with Crippen LogP contribution in [0.5, 0.6) is 0 Å². The van der Waals surface area contributed by atoms with Crippen molar-refractivity contribution in [3.8, 4) is 11.8 Å². The fraction of sp³-hybridized carbons (Fsp3) is 0.667. The molecule has 1 unspecified atom stereocenters. The van der Waals surface area contributed by atoms with Gasteiger partial charge >= 0.3 is 0 Å². The maximum atomic E-state index is 3.64. The van der Waals surface area contributed by atoms with Crippen molar-refractivity contribution in [3.05, 3.63) is 6.92 Å². The maximum Gasteiger partial charge on any atom is 0.0174 e. The van der Waals surface area contributed by atoms with Crippen LogP contribution in [-0.4, -0.2) is 0 Å². The summed E-state index contributed by atoms with van der Waals surface area (Å²) in [6.45, 7) is 7.99. The summed E-state index contributed by atoms with van der Waals surface area (Å²) < 4.78 is 0. The minimum Gasteiger partial charge on any atom is -0.103 e. The van der Waals surface area contributed by atoms with Gasteiger partial charge in [-0.25, -0.2) is 0 Å². The lowest BCUT2D eigenvalue weighted by molar-refractivity contribution is 0.653. The van der Waals surface area contributed by atoms with Crippen molar-refractivity contribution in [2.24, 2.45) is 5.92 Å². The molecule has 0 saturated heterocycles. The third kappa shape index (κ3) is 5.43. The minimum atomic E-state index is 0.566. The van der Waals surface area contributed by atoms with Crippen LogP contribution in [-0.2, 0) is 0 Å². The summed E-state index contributed by atoms with van der Waals surface area (Å²) in [7, 11) is 0. The summed E-state index contributed by atoms with van der Waals surface area (Å²) in [6, 6.07) is 0. The molecular formula is C9H15. The first-order chi connectivity index (χ1) is 4.31. The molecule has 0 aromatic heterocycles. The smallest absolute Gasteiger partial charge is 0.0174 e. The van der Waals surface area contributed by atoms with Gasteiger partial charge in [0.15, 0.2) is 0 Å². The standard InChI is InChI=1S/C9H15/c1-4-6-8-9(3)7-5-2/h9H,1,4-5,7H2,2-3H3. The van der Waals surface area contributed by atoms with Crippen molar-refractivity contribution in [3.63, 3.8) is 0 Å². The summed E-state index contributed by atoms with van der Waals surface area (Å²) in [5.41, 5.74) is 0. The normalized spacial score (nSPS) is 11.9. The Morgan fingerprint density at radius 1 is 1.56 bits per heavy atom. The summed E-state index contributed by atoms with van der Waals surface area (Å²) in [4.78, 5) is 0. The molecule has 1 radical (unpaired) electrons. The SMILES string of the molecule is [CH2]CC#CC(C)CCC. The predicted octanol–water partition coefficient (Wildman–Crippen LogP) is 2.65. The molecule has 1 atom stereocenters. The highest BCUT2D eigenvalue weighted by Crippen LogP contribution is 2.01. The van der Waals surface area contributed by atoms with E-state index in [1.54, 1.807) is 0 Å². The van der Waals surface area contributed by atoms with Gasteiger partial charge in [0.2, 0.25) is 0 Å². The van der Waals surface area contributed by atoms with Crippen LogP contribution in [0.15, 0.2) is 0 Å². The molecule has 0 nitrogen and oxygen atoms in total. The van der Waals surface area contributed by atoms with Crippen LogP contribution >= 0.6 is 0 Å². The van der Waals surface area contributed by atoms with Gasteiger partial charge in [-0.15, -0.1) is 11.8 Å². The third-order valence-electron chi connectivity index (χ3n) is 1.20. The van der Waals surface area contributed by atoms with Crippen LogP contribution in [0.2, 0.25) is 0 Å². The zero-order chi connectivity index (χ0) is 7.11. The van der Waals surface area contributed by atoms with Crippen LogP contribution in [0.1, 0.15) is 33.1 Å². The Balaban J connectivity index is 3.36. The first kappa shape index (κ1) is 8.56. The lowest BCUT2D eigenvalue weighted by atomic mass is 10.1. The average molecular weight is 123 g/mol. The molecule has 0 saturated carbocycles. The molecule has 0 aromatic carbocycles. The van der Waals surface area contributed by atoms with E-state index >= 15 is 0 Å². The van der Waals surface area contributed by atoms with E-state index < -0.39 is 0 Å². The second-order valence-corrected chi connectivity index (χ2v) is 2.26. The third-order valence-corrected chi connectivity index (χ3v) is 1.20. The molecule has 0 spiro atoms. The number of hydrogen-bond acceptors (Lipinski definition) is 0. The van der Waals surface area contributed by atoms with Gasteiger partial charge in [-0.05, 0) is 13.3 Å². The Hall–Kier alpha value is -0.440. The van der Waals surface area contributed by atoms with Gasteiger partial charge in [-0.3, -0.25) is 0 Å². The Morgan fingerprint density at radius 2 is 2.22 bits per heavy atom. The van der Waals surface area contributed by atoms with E-state index in [1.165, 1.54) is 12.8 Å². The van der Waals surface area contributed by atoms with Gasteiger partial charge < -0.3 is 0 Å². The maximum absolute atomic E-state index is 3.64. The van der Waals surface area contributed by atoms with Crippen LogP contribution in [0.25, 0.3) is 0 Å². The van der Waals surface area contributed by atoms with Crippen molar-refractivity contribution in [2.75, 3.05) is 0 Å². The molecule has 0 aliphatic carbocycles. The highest BCUT2D eigenvalue weighted by atomic mass is 13.9. The molecule has 0 aliphatic rings. The van der Waals surface area contributed by atoms with Crippen LogP contribution in [0.3, 0.4) is 0 Å². The Labute approximate surface area is 58.7 Å². The van der Waals surface area contributed by atoms with E-state index in [9.17, 15) is 0 Å². The first-order valence-electron chi connectivity index (χ1n) is 3.58. The van der Waals surface area contributed by atoms with E-state index in [0.29, 0.717) is 5.92 Å². The summed E-state index contributed by atoms with van der Waals surface area (Å²) in [5.74, 6) is 6.66. The van der Waals surface area contributed by atoms with Crippen LogP contribution in [0.4, 0.5) is 0 Å². The van der Waals surface area contributed by atoms with Crippen LogP contribution < -0.4 is 0 Å². The lowest BCUT2D eigenvalue weighted by Crippen LogP contribution is -1.87. The van der Waals surface area contributed by atoms with Gasteiger partial charge in [-0.2, -0.15) is 0 Å². The topological polar surface area (TPSA) is 0 Å². The van der Waals surface area contributed by atoms with E-state index in [4.69, 9.17) is 0 Å². The molecule has 0 rings (SSSR count). The molecule has 0 aliphatic heterocycles. The van der Waals surface area contributed by atoms with Crippen LogP contribution in [0, 0.1) is 24.7 Å². The monoisotopic (exact) mass is 123 g/mol. The highest BCUT2D eigenvalue weighted by molar-refractivity contribution is 5.02. The average Bonchev–Trinajstić information content (AvgIpc) is 1.85. The Kier molecular flexibility index (Phi) is 5.41. The van der Waals surface area contributed by atoms with Gasteiger partial charge in [0.1, 0.15) is 0 Å². The summed E-state index contributed by atoms with van der Waals surface area (Å²) in [6.07, 6.45) is 3.19. The van der Waals surface area contributed by atoms with Crippen molar-refractivity contribution in [2.45, 2.75) is 33.1 Å². The summed E-state index contributed by atoms with van der Waals surface area (Å²) in [5, 5.41) is 0. The molecule has 0 aromatic rings. The number of rotatable bonds is 2. The van der Waals surface area contributed by atoms with Crippen molar-refractivity contribution in [1.82, 2.24) is 0 Å². The molecular weight excluding hydrogens is 108 g/mol. The minimum absolute atomic E-state index is 0.566. The van der Waals surface area contributed by atoms with Gasteiger partial charge in [0, 0.05) is 12.3 Å². The largest absolute Gasteiger partial charge is 0.103 e. The molecule has 0 bridgehead atoms. The lowest BCUT2D eigenvalue weighted by Gasteiger charge is -1.97. The molecule has 0 amide bonds. The fourth-order valence-electron chi connectivity index (χ4n) is 0.752. The van der Waals surface area contributed by atoms with Crippen molar-refractivity contribution in [1.29, 1.82) is 0 Å². The Bertz CT molecular complexity index is 103. The van der Waals surface area contributed by atoms with Gasteiger partial charge in [0.25, 0.3) is 0 Å². The van der Waals surface area contributed by atoms with E-state index in [1.807, 2.05) is 0 Å². The molecule has 0 heterocycles. The van der Waals surface area contributed by atoms with Gasteiger partial charge in [-0.1, -0.05) is 20.3 Å². The second kappa shape index (κ2) is 5.69. The molecule has 0 N–H and O–H groups in total. The highest BCUT2D eigenvalue weighted by Gasteiger charge is 1.91.